The molecule has 4 rings (SSSR count). The summed E-state index contributed by atoms with van der Waals surface area (Å²) in [6.07, 6.45) is -0.347. The van der Waals surface area contributed by atoms with Gasteiger partial charge in [0.2, 0.25) is 0 Å². The molecule has 0 spiro atoms. The van der Waals surface area contributed by atoms with E-state index in [0.717, 1.165) is 5.56 Å². The van der Waals surface area contributed by atoms with Crippen LogP contribution in [0.5, 0.6) is 11.5 Å². The first-order valence-electron chi connectivity index (χ1n) is 8.07. The molecule has 5 heteroatoms. The molecular formula is C20H16O5. The first-order chi connectivity index (χ1) is 12.0. The second kappa shape index (κ2) is 5.48. The van der Waals surface area contributed by atoms with Crippen LogP contribution >= 0.6 is 0 Å². The SMILES string of the molecule is CC1Oc2c(c(O)cc3oc(=O)cc(-c4ccccc4)c23)C(=O)C1C. The van der Waals surface area contributed by atoms with Crippen LogP contribution in [0.15, 0.2) is 51.7 Å². The van der Waals surface area contributed by atoms with Crippen molar-refractivity contribution >= 4 is 16.8 Å². The van der Waals surface area contributed by atoms with Crippen molar-refractivity contribution in [2.75, 3.05) is 0 Å². The second-order valence-electron chi connectivity index (χ2n) is 6.29. The van der Waals surface area contributed by atoms with E-state index >= 15 is 0 Å². The quantitative estimate of drug-likeness (QED) is 0.685. The number of phenolic OH excluding ortho intramolecular Hbond substituents is 1. The van der Waals surface area contributed by atoms with E-state index in [0.29, 0.717) is 10.9 Å². The van der Waals surface area contributed by atoms with Crippen LogP contribution in [0.25, 0.3) is 22.1 Å². The topological polar surface area (TPSA) is 76.7 Å². The van der Waals surface area contributed by atoms with Gasteiger partial charge in [-0.3, -0.25) is 4.79 Å². The van der Waals surface area contributed by atoms with Crippen molar-refractivity contribution in [3.8, 4) is 22.6 Å². The van der Waals surface area contributed by atoms with Crippen LogP contribution < -0.4 is 10.4 Å². The molecule has 0 bridgehead atoms. The van der Waals surface area contributed by atoms with Gasteiger partial charge < -0.3 is 14.3 Å². The number of hydrogen-bond acceptors (Lipinski definition) is 5. The second-order valence-corrected chi connectivity index (χ2v) is 6.29. The fraction of sp³-hybridized carbons (Fsp3) is 0.200. The number of Topliss-reactive ketones (excluding diaryl/α,β-unsaturated/α-hetero) is 1. The lowest BCUT2D eigenvalue weighted by molar-refractivity contribution is 0.0730. The summed E-state index contributed by atoms with van der Waals surface area (Å²) in [6.45, 7) is 3.57. The molecule has 0 fully saturated rings. The Balaban J connectivity index is 2.15. The van der Waals surface area contributed by atoms with E-state index in [9.17, 15) is 14.7 Å². The molecular weight excluding hydrogens is 320 g/mol. The summed E-state index contributed by atoms with van der Waals surface area (Å²) < 4.78 is 11.2. The molecule has 0 amide bonds. The van der Waals surface area contributed by atoms with Crippen LogP contribution in [0.4, 0.5) is 0 Å². The zero-order chi connectivity index (χ0) is 17.7. The lowest BCUT2D eigenvalue weighted by atomic mass is 9.88. The zero-order valence-electron chi connectivity index (χ0n) is 13.8. The molecule has 5 nitrogen and oxygen atoms in total. The van der Waals surface area contributed by atoms with Crippen molar-refractivity contribution in [3.05, 3.63) is 58.4 Å². The maximum atomic E-state index is 12.7. The highest BCUT2D eigenvalue weighted by molar-refractivity contribution is 6.11. The summed E-state index contributed by atoms with van der Waals surface area (Å²) in [7, 11) is 0. The minimum Gasteiger partial charge on any atom is -0.507 e. The largest absolute Gasteiger partial charge is 0.507 e. The van der Waals surface area contributed by atoms with E-state index in [2.05, 4.69) is 0 Å². The van der Waals surface area contributed by atoms with Crippen molar-refractivity contribution in [2.45, 2.75) is 20.0 Å². The van der Waals surface area contributed by atoms with Gasteiger partial charge in [0.15, 0.2) is 5.78 Å². The highest BCUT2D eigenvalue weighted by Gasteiger charge is 2.36. The molecule has 0 radical (unpaired) electrons. The minimum absolute atomic E-state index is 0.143. The van der Waals surface area contributed by atoms with E-state index in [4.69, 9.17) is 9.15 Å². The molecule has 1 aliphatic heterocycles. The number of ether oxygens (including phenoxy) is 1. The van der Waals surface area contributed by atoms with Gasteiger partial charge >= 0.3 is 5.63 Å². The van der Waals surface area contributed by atoms with Gasteiger partial charge in [-0.05, 0) is 12.5 Å². The maximum Gasteiger partial charge on any atom is 0.336 e. The van der Waals surface area contributed by atoms with Crippen LogP contribution in [0.3, 0.4) is 0 Å². The van der Waals surface area contributed by atoms with E-state index in [1.165, 1.54) is 12.1 Å². The van der Waals surface area contributed by atoms with Crippen molar-refractivity contribution in [1.29, 1.82) is 0 Å². The number of ketones is 1. The van der Waals surface area contributed by atoms with Gasteiger partial charge in [0.25, 0.3) is 0 Å². The third-order valence-electron chi connectivity index (χ3n) is 4.72. The Bertz CT molecular complexity index is 1050. The van der Waals surface area contributed by atoms with Gasteiger partial charge in [-0.25, -0.2) is 4.79 Å². The summed E-state index contributed by atoms with van der Waals surface area (Å²) in [4.78, 5) is 24.7. The fourth-order valence-corrected chi connectivity index (χ4v) is 3.22. The fourth-order valence-electron chi connectivity index (χ4n) is 3.22. The first-order valence-corrected chi connectivity index (χ1v) is 8.07. The van der Waals surface area contributed by atoms with Gasteiger partial charge in [0.1, 0.15) is 28.7 Å². The summed E-state index contributed by atoms with van der Waals surface area (Å²) in [5.41, 5.74) is 1.21. The third-order valence-corrected chi connectivity index (χ3v) is 4.72. The molecule has 2 heterocycles. The molecule has 0 aliphatic carbocycles. The normalized spacial score (nSPS) is 19.5. The Morgan fingerprint density at radius 3 is 2.48 bits per heavy atom. The number of phenols is 1. The van der Waals surface area contributed by atoms with E-state index in [-0.39, 0.29) is 40.5 Å². The van der Waals surface area contributed by atoms with Crippen LogP contribution in [0.1, 0.15) is 24.2 Å². The number of rotatable bonds is 1. The summed E-state index contributed by atoms with van der Waals surface area (Å²) >= 11 is 0. The Labute approximate surface area is 143 Å². The van der Waals surface area contributed by atoms with Crippen LogP contribution in [-0.2, 0) is 0 Å². The average Bonchev–Trinajstić information content (AvgIpc) is 2.59. The Kier molecular flexibility index (Phi) is 3.39. The predicted molar refractivity (Wildman–Crippen MR) is 93.2 cm³/mol. The molecule has 2 atom stereocenters. The standard InChI is InChI=1S/C20H16O5/c1-10-11(2)24-20-17-13(12-6-4-3-5-7-12)8-16(22)25-15(17)9-14(21)18(20)19(10)23/h3-11,21H,1-2H3. The number of carbonyl (C=O) groups is 1. The number of carbonyl (C=O) groups excluding carboxylic acids is 1. The van der Waals surface area contributed by atoms with Gasteiger partial charge in [-0.2, -0.15) is 0 Å². The van der Waals surface area contributed by atoms with Crippen molar-refractivity contribution in [1.82, 2.24) is 0 Å². The average molecular weight is 336 g/mol. The Morgan fingerprint density at radius 1 is 1.04 bits per heavy atom. The lowest BCUT2D eigenvalue weighted by Gasteiger charge is -2.29. The maximum absolute atomic E-state index is 12.7. The smallest absolute Gasteiger partial charge is 0.336 e. The molecule has 2 unspecified atom stereocenters. The molecule has 1 N–H and O–H groups in total. The number of hydrogen-bond donors (Lipinski definition) is 1. The van der Waals surface area contributed by atoms with Gasteiger partial charge in [0.05, 0.1) is 11.3 Å². The zero-order valence-corrected chi connectivity index (χ0v) is 13.8. The van der Waals surface area contributed by atoms with Crippen LogP contribution in [0, 0.1) is 5.92 Å². The van der Waals surface area contributed by atoms with E-state index in [1.807, 2.05) is 37.3 Å². The van der Waals surface area contributed by atoms with Crippen molar-refractivity contribution in [2.24, 2.45) is 5.92 Å². The van der Waals surface area contributed by atoms with E-state index < -0.39 is 5.63 Å². The van der Waals surface area contributed by atoms with Gasteiger partial charge in [0, 0.05) is 17.7 Å². The first kappa shape index (κ1) is 15.4. The number of aromatic hydroxyl groups is 1. The Hall–Kier alpha value is -3.08. The molecule has 2 aromatic carbocycles. The molecule has 0 saturated carbocycles. The van der Waals surface area contributed by atoms with Crippen molar-refractivity contribution in [3.63, 3.8) is 0 Å². The molecule has 126 valence electrons. The molecule has 3 aromatic rings. The highest BCUT2D eigenvalue weighted by atomic mass is 16.5. The van der Waals surface area contributed by atoms with Gasteiger partial charge in [-0.15, -0.1) is 0 Å². The molecule has 25 heavy (non-hydrogen) atoms. The number of fused-ring (bicyclic) bond motifs is 3. The summed E-state index contributed by atoms with van der Waals surface area (Å²) in [5.74, 6) is -0.516. The molecule has 0 saturated heterocycles. The van der Waals surface area contributed by atoms with Crippen LogP contribution in [-0.4, -0.2) is 17.0 Å². The van der Waals surface area contributed by atoms with Crippen molar-refractivity contribution < 1.29 is 19.1 Å². The molecule has 1 aliphatic rings. The Morgan fingerprint density at radius 2 is 1.76 bits per heavy atom. The predicted octanol–water partition coefficient (Wildman–Crippen LogP) is 3.77. The van der Waals surface area contributed by atoms with Crippen LogP contribution in [0.2, 0.25) is 0 Å². The summed E-state index contributed by atoms with van der Waals surface area (Å²) in [5, 5.41) is 10.8. The van der Waals surface area contributed by atoms with Gasteiger partial charge in [-0.1, -0.05) is 37.3 Å². The van der Waals surface area contributed by atoms with E-state index in [1.54, 1.807) is 6.92 Å². The molecule has 1 aromatic heterocycles. The third kappa shape index (κ3) is 2.31. The lowest BCUT2D eigenvalue weighted by Crippen LogP contribution is -2.33. The summed E-state index contributed by atoms with van der Waals surface area (Å²) in [6, 6.07) is 12.0. The highest BCUT2D eigenvalue weighted by Crippen LogP contribution is 2.45. The number of benzene rings is 2. The minimum atomic E-state index is -0.533. The monoisotopic (exact) mass is 336 g/mol.